The van der Waals surface area contributed by atoms with Crippen molar-refractivity contribution in [1.82, 2.24) is 4.98 Å². The monoisotopic (exact) mass is 311 g/mol. The first kappa shape index (κ1) is 12.6. The van der Waals surface area contributed by atoms with Crippen molar-refractivity contribution in [3.8, 4) is 16.3 Å². The quantitative estimate of drug-likeness (QED) is 0.835. The van der Waals surface area contributed by atoms with Gasteiger partial charge in [0.15, 0.2) is 0 Å². The highest BCUT2D eigenvalue weighted by atomic mass is 79.9. The summed E-state index contributed by atoms with van der Waals surface area (Å²) < 4.78 is 6.27. The summed E-state index contributed by atoms with van der Waals surface area (Å²) in [6.07, 6.45) is 0.961. The molecule has 0 aliphatic rings. The Kier molecular flexibility index (Phi) is 3.84. The van der Waals surface area contributed by atoms with E-state index in [-0.39, 0.29) is 0 Å². The third-order valence-electron chi connectivity index (χ3n) is 2.65. The summed E-state index contributed by atoms with van der Waals surface area (Å²) in [4.78, 5) is 5.71. The highest BCUT2D eigenvalue weighted by Crippen LogP contribution is 2.32. The normalized spacial score (nSPS) is 10.6. The zero-order valence-corrected chi connectivity index (χ0v) is 12.5. The number of ether oxygens (including phenoxy) is 1. The lowest BCUT2D eigenvalue weighted by Gasteiger charge is -2.07. The Morgan fingerprint density at radius 2 is 2.18 bits per heavy atom. The Morgan fingerprint density at radius 3 is 2.71 bits per heavy atom. The minimum atomic E-state index is 0.936. The average molecular weight is 312 g/mol. The molecule has 17 heavy (non-hydrogen) atoms. The van der Waals surface area contributed by atoms with E-state index >= 15 is 0 Å². The lowest BCUT2D eigenvalue weighted by molar-refractivity contribution is 0.410. The summed E-state index contributed by atoms with van der Waals surface area (Å²) in [6.45, 7) is 4.19. The molecule has 1 heterocycles. The molecule has 0 atom stereocenters. The third kappa shape index (κ3) is 2.53. The largest absolute Gasteiger partial charge is 0.496 e. The van der Waals surface area contributed by atoms with E-state index in [4.69, 9.17) is 4.74 Å². The first-order chi connectivity index (χ1) is 8.15. The maximum Gasteiger partial charge on any atom is 0.124 e. The first-order valence-corrected chi connectivity index (χ1v) is 7.07. The summed E-state index contributed by atoms with van der Waals surface area (Å²) in [5, 5.41) is 1.05. The van der Waals surface area contributed by atoms with Gasteiger partial charge in [0, 0.05) is 10.4 Å². The van der Waals surface area contributed by atoms with Gasteiger partial charge in [-0.05, 0) is 53.0 Å². The fourth-order valence-electron chi connectivity index (χ4n) is 1.69. The van der Waals surface area contributed by atoms with Gasteiger partial charge in [-0.25, -0.2) is 4.98 Å². The molecule has 1 aromatic heterocycles. The maximum absolute atomic E-state index is 5.33. The van der Waals surface area contributed by atoms with Gasteiger partial charge in [0.25, 0.3) is 0 Å². The number of aromatic nitrogens is 1. The van der Waals surface area contributed by atoms with Crippen LogP contribution in [0.2, 0.25) is 0 Å². The lowest BCUT2D eigenvalue weighted by atomic mass is 10.1. The van der Waals surface area contributed by atoms with Crippen molar-refractivity contribution in [2.24, 2.45) is 0 Å². The van der Waals surface area contributed by atoms with E-state index in [2.05, 4.69) is 46.9 Å². The fraction of sp³-hybridized carbons (Fsp3) is 0.308. The molecule has 0 N–H and O–H groups in total. The third-order valence-corrected chi connectivity index (χ3v) is 4.70. The van der Waals surface area contributed by atoms with E-state index in [1.54, 1.807) is 18.4 Å². The molecule has 2 nitrogen and oxygen atoms in total. The summed E-state index contributed by atoms with van der Waals surface area (Å²) in [5.41, 5.74) is 2.37. The summed E-state index contributed by atoms with van der Waals surface area (Å²) in [6, 6.07) is 6.23. The molecular weight excluding hydrogens is 298 g/mol. The van der Waals surface area contributed by atoms with Crippen LogP contribution in [0.4, 0.5) is 0 Å². The number of nitrogens with zero attached hydrogens (tertiary/aromatic N) is 1. The van der Waals surface area contributed by atoms with Gasteiger partial charge in [0.2, 0.25) is 0 Å². The number of methoxy groups -OCH3 is 1. The van der Waals surface area contributed by atoms with E-state index in [0.29, 0.717) is 0 Å². The van der Waals surface area contributed by atoms with Crippen LogP contribution in [-0.4, -0.2) is 12.1 Å². The predicted octanol–water partition coefficient (Wildman–Crippen LogP) is 4.45. The molecule has 0 radical (unpaired) electrons. The smallest absolute Gasteiger partial charge is 0.124 e. The standard InChI is InChI=1S/C13H14BrNOS/c1-4-9-7-10(5-6-11(9)16-3)13-15-12(14)8(2)17-13/h5-7H,4H2,1-3H3. The van der Waals surface area contributed by atoms with Gasteiger partial charge in [0.05, 0.1) is 7.11 Å². The van der Waals surface area contributed by atoms with Crippen LogP contribution in [0.25, 0.3) is 10.6 Å². The van der Waals surface area contributed by atoms with Gasteiger partial charge < -0.3 is 4.74 Å². The van der Waals surface area contributed by atoms with Crippen LogP contribution in [0.5, 0.6) is 5.75 Å². The molecule has 2 rings (SSSR count). The molecule has 90 valence electrons. The van der Waals surface area contributed by atoms with E-state index < -0.39 is 0 Å². The van der Waals surface area contributed by atoms with Crippen molar-refractivity contribution in [2.75, 3.05) is 7.11 Å². The number of hydrogen-bond donors (Lipinski definition) is 0. The van der Waals surface area contributed by atoms with Crippen molar-refractivity contribution in [2.45, 2.75) is 20.3 Å². The SMILES string of the molecule is CCc1cc(-c2nc(Br)c(C)s2)ccc1OC. The number of halogens is 1. The van der Waals surface area contributed by atoms with Crippen LogP contribution in [0.1, 0.15) is 17.4 Å². The highest BCUT2D eigenvalue weighted by Gasteiger charge is 2.09. The van der Waals surface area contributed by atoms with Crippen LogP contribution in [-0.2, 0) is 6.42 Å². The van der Waals surface area contributed by atoms with Gasteiger partial charge in [-0.2, -0.15) is 0 Å². The van der Waals surface area contributed by atoms with Crippen molar-refractivity contribution in [3.05, 3.63) is 33.2 Å². The molecule has 0 unspecified atom stereocenters. The second kappa shape index (κ2) is 5.19. The van der Waals surface area contributed by atoms with Crippen molar-refractivity contribution in [3.63, 3.8) is 0 Å². The van der Waals surface area contributed by atoms with Gasteiger partial charge >= 0.3 is 0 Å². The van der Waals surface area contributed by atoms with Crippen LogP contribution in [0.3, 0.4) is 0 Å². The molecule has 0 amide bonds. The summed E-state index contributed by atoms with van der Waals surface area (Å²) in [5.74, 6) is 0.948. The zero-order chi connectivity index (χ0) is 12.4. The van der Waals surface area contributed by atoms with Crippen molar-refractivity contribution < 1.29 is 4.74 Å². The molecule has 1 aromatic carbocycles. The van der Waals surface area contributed by atoms with Gasteiger partial charge in [-0.15, -0.1) is 11.3 Å². The van der Waals surface area contributed by atoms with Gasteiger partial charge in [0.1, 0.15) is 15.4 Å². The Labute approximate surface area is 114 Å². The Morgan fingerprint density at radius 1 is 1.41 bits per heavy atom. The molecule has 2 aromatic rings. The second-order valence-electron chi connectivity index (χ2n) is 3.75. The van der Waals surface area contributed by atoms with E-state index in [1.165, 1.54) is 10.4 Å². The predicted molar refractivity (Wildman–Crippen MR) is 75.9 cm³/mol. The zero-order valence-electron chi connectivity index (χ0n) is 10.1. The number of hydrogen-bond acceptors (Lipinski definition) is 3. The molecule has 0 aliphatic carbocycles. The number of thiazole rings is 1. The molecule has 0 saturated heterocycles. The molecule has 0 fully saturated rings. The Hall–Kier alpha value is -0.870. The van der Waals surface area contributed by atoms with Crippen LogP contribution < -0.4 is 4.74 Å². The Bertz CT molecular complexity index is 517. The minimum absolute atomic E-state index is 0.936. The molecule has 0 spiro atoms. The minimum Gasteiger partial charge on any atom is -0.496 e. The summed E-state index contributed by atoms with van der Waals surface area (Å²) >= 11 is 5.15. The van der Waals surface area contributed by atoms with E-state index in [9.17, 15) is 0 Å². The Balaban J connectivity index is 2.46. The molecular formula is C13H14BrNOS. The van der Waals surface area contributed by atoms with Crippen molar-refractivity contribution >= 4 is 27.3 Å². The lowest BCUT2D eigenvalue weighted by Crippen LogP contribution is -1.90. The summed E-state index contributed by atoms with van der Waals surface area (Å²) in [7, 11) is 1.71. The first-order valence-electron chi connectivity index (χ1n) is 5.46. The number of rotatable bonds is 3. The maximum atomic E-state index is 5.33. The van der Waals surface area contributed by atoms with Crippen LogP contribution >= 0.6 is 27.3 Å². The number of aryl methyl sites for hydroxylation is 2. The average Bonchev–Trinajstić information content (AvgIpc) is 2.68. The van der Waals surface area contributed by atoms with Crippen LogP contribution in [0.15, 0.2) is 22.8 Å². The van der Waals surface area contributed by atoms with Crippen molar-refractivity contribution in [1.29, 1.82) is 0 Å². The van der Waals surface area contributed by atoms with Gasteiger partial charge in [-0.1, -0.05) is 6.92 Å². The fourth-order valence-corrected chi connectivity index (χ4v) is 3.03. The highest BCUT2D eigenvalue weighted by molar-refractivity contribution is 9.10. The molecule has 0 aliphatic heterocycles. The molecule has 4 heteroatoms. The van der Waals surface area contributed by atoms with E-state index in [0.717, 1.165) is 27.3 Å². The number of benzene rings is 1. The van der Waals surface area contributed by atoms with E-state index in [1.807, 2.05) is 6.07 Å². The van der Waals surface area contributed by atoms with Crippen LogP contribution in [0, 0.1) is 6.92 Å². The second-order valence-corrected chi connectivity index (χ2v) is 5.70. The topological polar surface area (TPSA) is 22.1 Å². The molecule has 0 saturated carbocycles. The van der Waals surface area contributed by atoms with Gasteiger partial charge in [-0.3, -0.25) is 0 Å². The molecule has 0 bridgehead atoms.